The number of aromatic nitrogens is 1. The smallest absolute Gasteiger partial charge is 0.273 e. The van der Waals surface area contributed by atoms with Crippen molar-refractivity contribution in [3.63, 3.8) is 0 Å². The molecule has 0 radical (unpaired) electrons. The van der Waals surface area contributed by atoms with Gasteiger partial charge >= 0.3 is 0 Å². The molecule has 0 aliphatic rings. The minimum atomic E-state index is -0.228. The molecule has 2 rings (SSSR count). The number of thiophene rings is 1. The van der Waals surface area contributed by atoms with Crippen LogP contribution < -0.4 is 5.32 Å². The third-order valence-electron chi connectivity index (χ3n) is 1.72. The molecular weight excluding hydrogens is 280 g/mol. The first-order chi connectivity index (χ1) is 7.25. The van der Waals surface area contributed by atoms with E-state index in [-0.39, 0.29) is 5.91 Å². The van der Waals surface area contributed by atoms with Crippen molar-refractivity contribution < 1.29 is 9.32 Å². The van der Waals surface area contributed by atoms with Crippen molar-refractivity contribution in [1.82, 2.24) is 10.5 Å². The van der Waals surface area contributed by atoms with E-state index in [9.17, 15) is 4.79 Å². The number of amides is 1. The van der Waals surface area contributed by atoms with Crippen LogP contribution in [0.4, 0.5) is 0 Å². The molecule has 1 amide bonds. The molecule has 0 aromatic carbocycles. The molecule has 15 heavy (non-hydrogen) atoms. The van der Waals surface area contributed by atoms with E-state index in [2.05, 4.69) is 30.9 Å². The summed E-state index contributed by atoms with van der Waals surface area (Å²) in [6.07, 6.45) is 1.37. The van der Waals surface area contributed by atoms with Gasteiger partial charge in [0.25, 0.3) is 5.91 Å². The number of hydrogen-bond acceptors (Lipinski definition) is 4. The fourth-order valence-corrected chi connectivity index (χ4v) is 2.46. The maximum atomic E-state index is 11.4. The van der Waals surface area contributed by atoms with Gasteiger partial charge in [0.15, 0.2) is 5.69 Å². The zero-order valence-corrected chi connectivity index (χ0v) is 9.97. The van der Waals surface area contributed by atoms with Gasteiger partial charge in [-0.15, -0.1) is 11.3 Å². The molecule has 0 aliphatic heterocycles. The van der Waals surface area contributed by atoms with Crippen molar-refractivity contribution in [3.8, 4) is 0 Å². The lowest BCUT2D eigenvalue weighted by atomic mass is 10.4. The van der Waals surface area contributed by atoms with Crippen molar-refractivity contribution in [1.29, 1.82) is 0 Å². The molecule has 0 atom stereocenters. The van der Waals surface area contributed by atoms with Crippen molar-refractivity contribution in [2.45, 2.75) is 6.54 Å². The van der Waals surface area contributed by atoms with Gasteiger partial charge in [0.1, 0.15) is 6.26 Å². The summed E-state index contributed by atoms with van der Waals surface area (Å²) in [5, 5.41) is 6.28. The van der Waals surface area contributed by atoms with Crippen LogP contribution in [0.15, 0.2) is 32.8 Å². The van der Waals surface area contributed by atoms with E-state index < -0.39 is 0 Å². The predicted molar refractivity (Wildman–Crippen MR) is 59.7 cm³/mol. The Morgan fingerprint density at radius 2 is 2.40 bits per heavy atom. The second kappa shape index (κ2) is 4.59. The maximum Gasteiger partial charge on any atom is 0.273 e. The Morgan fingerprint density at radius 1 is 1.53 bits per heavy atom. The summed E-state index contributed by atoms with van der Waals surface area (Å²) in [6.45, 7) is 0.502. The number of rotatable bonds is 3. The molecule has 0 aliphatic carbocycles. The Labute approximate surface area is 98.4 Å². The molecule has 4 nitrogen and oxygen atoms in total. The van der Waals surface area contributed by atoms with Gasteiger partial charge in [-0.05, 0) is 28.1 Å². The molecule has 78 valence electrons. The maximum absolute atomic E-state index is 11.4. The van der Waals surface area contributed by atoms with Crippen LogP contribution in [0.1, 0.15) is 15.4 Å². The minimum Gasteiger partial charge on any atom is -0.364 e. The molecule has 1 N–H and O–H groups in total. The Kier molecular flexibility index (Phi) is 3.17. The Bertz CT molecular complexity index is 452. The zero-order chi connectivity index (χ0) is 10.7. The van der Waals surface area contributed by atoms with Gasteiger partial charge in [-0.25, -0.2) is 0 Å². The molecule has 0 fully saturated rings. The summed E-state index contributed by atoms with van der Waals surface area (Å²) < 4.78 is 5.63. The molecule has 0 bridgehead atoms. The van der Waals surface area contributed by atoms with E-state index in [1.807, 2.05) is 12.1 Å². The summed E-state index contributed by atoms with van der Waals surface area (Å²) in [6, 6.07) is 5.43. The van der Waals surface area contributed by atoms with Crippen molar-refractivity contribution in [3.05, 3.63) is 38.8 Å². The Morgan fingerprint density at radius 3 is 3.00 bits per heavy atom. The molecule has 6 heteroatoms. The minimum absolute atomic E-state index is 0.228. The molecule has 0 unspecified atom stereocenters. The van der Waals surface area contributed by atoms with Crippen LogP contribution in [-0.4, -0.2) is 11.1 Å². The highest BCUT2D eigenvalue weighted by Crippen LogP contribution is 2.21. The van der Waals surface area contributed by atoms with Gasteiger partial charge in [0.05, 0.1) is 10.3 Å². The van der Waals surface area contributed by atoms with Crippen LogP contribution in [0, 0.1) is 0 Å². The van der Waals surface area contributed by atoms with Gasteiger partial charge in [-0.1, -0.05) is 5.16 Å². The predicted octanol–water partition coefficient (Wildman–Crippen LogP) is 2.43. The second-order valence-corrected chi connectivity index (χ2v) is 5.32. The highest BCUT2D eigenvalue weighted by Gasteiger charge is 2.08. The highest BCUT2D eigenvalue weighted by atomic mass is 79.9. The molecule has 0 spiro atoms. The fourth-order valence-electron chi connectivity index (χ4n) is 1.03. The average molecular weight is 287 g/mol. The van der Waals surface area contributed by atoms with E-state index in [0.717, 1.165) is 8.66 Å². The third kappa shape index (κ3) is 2.66. The van der Waals surface area contributed by atoms with Crippen LogP contribution in [0.25, 0.3) is 0 Å². The molecule has 0 saturated carbocycles. The van der Waals surface area contributed by atoms with E-state index >= 15 is 0 Å². The summed E-state index contributed by atoms with van der Waals surface area (Å²) >= 11 is 4.94. The first-order valence-electron chi connectivity index (χ1n) is 4.18. The molecule has 2 heterocycles. The van der Waals surface area contributed by atoms with Gasteiger partial charge in [0, 0.05) is 10.9 Å². The first kappa shape index (κ1) is 10.4. The number of nitrogens with one attached hydrogen (secondary N) is 1. The lowest BCUT2D eigenvalue weighted by Crippen LogP contribution is -2.22. The first-order valence-corrected chi connectivity index (χ1v) is 5.79. The zero-order valence-electron chi connectivity index (χ0n) is 7.57. The largest absolute Gasteiger partial charge is 0.364 e. The summed E-state index contributed by atoms with van der Waals surface area (Å²) in [5.74, 6) is -0.228. The second-order valence-electron chi connectivity index (χ2n) is 2.77. The summed E-state index contributed by atoms with van der Waals surface area (Å²) in [4.78, 5) is 12.5. The normalized spacial score (nSPS) is 10.2. The van der Waals surface area contributed by atoms with Crippen LogP contribution in [-0.2, 0) is 6.54 Å². The van der Waals surface area contributed by atoms with E-state index in [1.165, 1.54) is 12.3 Å². The Balaban J connectivity index is 1.91. The van der Waals surface area contributed by atoms with Crippen LogP contribution in [0.3, 0.4) is 0 Å². The van der Waals surface area contributed by atoms with Crippen molar-refractivity contribution in [2.75, 3.05) is 0 Å². The molecule has 2 aromatic rings. The van der Waals surface area contributed by atoms with Crippen molar-refractivity contribution in [2.24, 2.45) is 0 Å². The van der Waals surface area contributed by atoms with Crippen LogP contribution >= 0.6 is 27.3 Å². The highest BCUT2D eigenvalue weighted by molar-refractivity contribution is 9.11. The molecule has 0 saturated heterocycles. The van der Waals surface area contributed by atoms with Crippen molar-refractivity contribution >= 4 is 33.2 Å². The van der Waals surface area contributed by atoms with Gasteiger partial charge < -0.3 is 9.84 Å². The van der Waals surface area contributed by atoms with Crippen LogP contribution in [0.5, 0.6) is 0 Å². The molecule has 2 aromatic heterocycles. The SMILES string of the molecule is O=C(NCc1ccc(Br)s1)c1ccon1. The van der Waals surface area contributed by atoms with Gasteiger partial charge in [0.2, 0.25) is 0 Å². The lowest BCUT2D eigenvalue weighted by Gasteiger charge is -1.99. The van der Waals surface area contributed by atoms with E-state index in [0.29, 0.717) is 12.2 Å². The van der Waals surface area contributed by atoms with E-state index in [4.69, 9.17) is 0 Å². The number of halogens is 1. The standard InChI is InChI=1S/C9H7BrN2O2S/c10-8-2-1-6(15-8)5-11-9(13)7-3-4-14-12-7/h1-4H,5H2,(H,11,13). The average Bonchev–Trinajstić information content (AvgIpc) is 2.84. The lowest BCUT2D eigenvalue weighted by molar-refractivity contribution is 0.0942. The Hall–Kier alpha value is -1.14. The fraction of sp³-hybridized carbons (Fsp3) is 0.111. The third-order valence-corrected chi connectivity index (χ3v) is 3.35. The monoisotopic (exact) mass is 286 g/mol. The van der Waals surface area contributed by atoms with E-state index in [1.54, 1.807) is 11.3 Å². The summed E-state index contributed by atoms with van der Waals surface area (Å²) in [7, 11) is 0. The quantitative estimate of drug-likeness (QED) is 0.943. The number of carbonyl (C=O) groups excluding carboxylic acids is 1. The topological polar surface area (TPSA) is 55.1 Å². The molecular formula is C9H7BrN2O2S. The number of hydrogen-bond donors (Lipinski definition) is 1. The summed E-state index contributed by atoms with van der Waals surface area (Å²) in [5.41, 5.74) is 0.297. The van der Waals surface area contributed by atoms with Gasteiger partial charge in [-0.2, -0.15) is 0 Å². The van der Waals surface area contributed by atoms with Crippen LogP contribution in [0.2, 0.25) is 0 Å². The number of carbonyl (C=O) groups is 1. The van der Waals surface area contributed by atoms with Gasteiger partial charge in [-0.3, -0.25) is 4.79 Å². The number of nitrogens with zero attached hydrogens (tertiary/aromatic N) is 1.